The van der Waals surface area contributed by atoms with Crippen molar-refractivity contribution in [3.05, 3.63) is 40.5 Å². The predicted molar refractivity (Wildman–Crippen MR) is 82.3 cm³/mol. The van der Waals surface area contributed by atoms with Crippen molar-refractivity contribution in [2.75, 3.05) is 0 Å². The average Bonchev–Trinajstić information content (AvgIpc) is 3.12. The van der Waals surface area contributed by atoms with Crippen molar-refractivity contribution in [1.82, 2.24) is 14.8 Å². The lowest BCUT2D eigenvalue weighted by Crippen LogP contribution is -2.14. The molecule has 8 nitrogen and oxygen atoms in total. The van der Waals surface area contributed by atoms with Gasteiger partial charge in [0.2, 0.25) is 0 Å². The number of nitrogens with two attached hydrogens (primary N) is 1. The van der Waals surface area contributed by atoms with Crippen LogP contribution in [-0.2, 0) is 17.9 Å². The summed E-state index contributed by atoms with van der Waals surface area (Å²) in [7, 11) is 0. The van der Waals surface area contributed by atoms with E-state index in [0.717, 1.165) is 5.01 Å². The minimum absolute atomic E-state index is 0.0148. The minimum Gasteiger partial charge on any atom is -0.486 e. The number of rotatable bonds is 6. The molecule has 3 rings (SSSR count). The molecule has 0 aliphatic rings. The van der Waals surface area contributed by atoms with Crippen LogP contribution in [0.4, 0.5) is 0 Å². The van der Waals surface area contributed by atoms with Gasteiger partial charge in [0.1, 0.15) is 23.9 Å². The van der Waals surface area contributed by atoms with Gasteiger partial charge in [-0.1, -0.05) is 0 Å². The molecule has 3 N–H and O–H groups in total. The van der Waals surface area contributed by atoms with Gasteiger partial charge in [0, 0.05) is 17.0 Å². The van der Waals surface area contributed by atoms with E-state index in [-0.39, 0.29) is 12.2 Å². The number of aromatic nitrogens is 3. The molecule has 2 heterocycles. The van der Waals surface area contributed by atoms with Crippen molar-refractivity contribution in [2.45, 2.75) is 13.2 Å². The van der Waals surface area contributed by atoms with Gasteiger partial charge < -0.3 is 15.6 Å². The van der Waals surface area contributed by atoms with Crippen LogP contribution in [-0.4, -0.2) is 31.7 Å². The van der Waals surface area contributed by atoms with E-state index >= 15 is 0 Å². The van der Waals surface area contributed by atoms with Crippen LogP contribution in [0.1, 0.15) is 15.5 Å². The zero-order chi connectivity index (χ0) is 16.4. The van der Waals surface area contributed by atoms with E-state index in [1.165, 1.54) is 16.0 Å². The van der Waals surface area contributed by atoms with Gasteiger partial charge in [-0.05, 0) is 18.2 Å². The summed E-state index contributed by atoms with van der Waals surface area (Å²) in [6.45, 7) is -0.0541. The third-order valence-electron chi connectivity index (χ3n) is 3.09. The van der Waals surface area contributed by atoms with Crippen molar-refractivity contribution in [3.8, 4) is 5.75 Å². The van der Waals surface area contributed by atoms with Gasteiger partial charge in [-0.25, -0.2) is 4.98 Å². The summed E-state index contributed by atoms with van der Waals surface area (Å²) in [6, 6.07) is 4.95. The van der Waals surface area contributed by atoms with Gasteiger partial charge in [0.25, 0.3) is 5.91 Å². The lowest BCUT2D eigenvalue weighted by atomic mass is 10.2. The first kappa shape index (κ1) is 15.0. The van der Waals surface area contributed by atoms with Crippen LogP contribution in [0.15, 0.2) is 29.8 Å². The number of aliphatic carboxylic acids is 1. The Labute approximate surface area is 134 Å². The number of carboxylic acid groups (broad SMARTS) is 1. The molecule has 0 spiro atoms. The number of hydrogen-bond donors (Lipinski definition) is 2. The number of amides is 1. The second kappa shape index (κ2) is 6.05. The number of carbonyl (C=O) groups excluding carboxylic acids is 1. The van der Waals surface area contributed by atoms with Crippen LogP contribution >= 0.6 is 11.3 Å². The maximum absolute atomic E-state index is 11.5. The summed E-state index contributed by atoms with van der Waals surface area (Å²) >= 11 is 1.47. The Morgan fingerprint density at radius 3 is 2.87 bits per heavy atom. The van der Waals surface area contributed by atoms with Crippen molar-refractivity contribution >= 4 is 34.1 Å². The molecule has 0 saturated carbocycles. The maximum Gasteiger partial charge on any atom is 0.325 e. The Morgan fingerprint density at radius 1 is 1.39 bits per heavy atom. The molecule has 0 saturated heterocycles. The molecule has 1 aromatic carbocycles. The number of carbonyl (C=O) groups is 2. The predicted octanol–water partition coefficient (Wildman–Crippen LogP) is 1.26. The quantitative estimate of drug-likeness (QED) is 0.701. The Balaban J connectivity index is 1.95. The first-order chi connectivity index (χ1) is 11.0. The van der Waals surface area contributed by atoms with Crippen LogP contribution in [0.5, 0.6) is 5.75 Å². The second-order valence-electron chi connectivity index (χ2n) is 4.66. The summed E-state index contributed by atoms with van der Waals surface area (Å²) in [5.41, 5.74) is 5.83. The SMILES string of the molecule is NC(=O)c1nn(CC(=O)O)c2ccc(OCc3nccs3)cc12. The minimum atomic E-state index is -1.06. The van der Waals surface area contributed by atoms with Crippen molar-refractivity contribution in [1.29, 1.82) is 0 Å². The zero-order valence-corrected chi connectivity index (χ0v) is 12.6. The van der Waals surface area contributed by atoms with Gasteiger partial charge in [-0.2, -0.15) is 5.10 Å². The van der Waals surface area contributed by atoms with Crippen molar-refractivity contribution in [2.24, 2.45) is 5.73 Å². The lowest BCUT2D eigenvalue weighted by molar-refractivity contribution is -0.137. The fourth-order valence-corrected chi connectivity index (χ4v) is 2.68. The molecule has 9 heteroatoms. The van der Waals surface area contributed by atoms with E-state index in [9.17, 15) is 9.59 Å². The third-order valence-corrected chi connectivity index (χ3v) is 3.84. The van der Waals surface area contributed by atoms with Crippen molar-refractivity contribution in [3.63, 3.8) is 0 Å². The number of primary amides is 1. The third kappa shape index (κ3) is 3.14. The molecular formula is C14H12N4O4S. The molecule has 0 unspecified atom stereocenters. The van der Waals surface area contributed by atoms with Gasteiger partial charge in [-0.3, -0.25) is 14.3 Å². The van der Waals surface area contributed by atoms with Crippen LogP contribution < -0.4 is 10.5 Å². The van der Waals surface area contributed by atoms with E-state index in [2.05, 4.69) is 10.1 Å². The van der Waals surface area contributed by atoms with Crippen LogP contribution in [0, 0.1) is 0 Å². The number of carboxylic acids is 1. The van der Waals surface area contributed by atoms with Crippen LogP contribution in [0.25, 0.3) is 10.9 Å². The van der Waals surface area contributed by atoms with Gasteiger partial charge in [0.15, 0.2) is 5.69 Å². The van der Waals surface area contributed by atoms with Gasteiger partial charge in [-0.15, -0.1) is 11.3 Å². The number of thiazole rings is 1. The van der Waals surface area contributed by atoms with E-state index < -0.39 is 11.9 Å². The van der Waals surface area contributed by atoms with Gasteiger partial charge in [0.05, 0.1) is 5.52 Å². The zero-order valence-electron chi connectivity index (χ0n) is 11.8. The Kier molecular flexibility index (Phi) is 3.94. The summed E-state index contributed by atoms with van der Waals surface area (Å²) in [4.78, 5) is 26.5. The fraction of sp³-hybridized carbons (Fsp3) is 0.143. The molecule has 118 valence electrons. The highest BCUT2D eigenvalue weighted by molar-refractivity contribution is 7.09. The van der Waals surface area contributed by atoms with E-state index in [1.54, 1.807) is 24.4 Å². The van der Waals surface area contributed by atoms with Crippen molar-refractivity contribution < 1.29 is 19.4 Å². The number of ether oxygens (including phenoxy) is 1. The molecule has 0 radical (unpaired) electrons. The maximum atomic E-state index is 11.5. The largest absolute Gasteiger partial charge is 0.486 e. The van der Waals surface area contributed by atoms with Gasteiger partial charge >= 0.3 is 5.97 Å². The van der Waals surface area contributed by atoms with Crippen LogP contribution in [0.3, 0.4) is 0 Å². The highest BCUT2D eigenvalue weighted by atomic mass is 32.1. The molecule has 2 aromatic heterocycles. The molecule has 3 aromatic rings. The molecule has 0 atom stereocenters. The molecule has 0 aliphatic heterocycles. The normalized spacial score (nSPS) is 10.8. The van der Waals surface area contributed by atoms with E-state index in [1.807, 2.05) is 5.38 Å². The molecule has 1 amide bonds. The smallest absolute Gasteiger partial charge is 0.325 e. The van der Waals surface area contributed by atoms with E-state index in [0.29, 0.717) is 23.3 Å². The summed E-state index contributed by atoms with van der Waals surface area (Å²) < 4.78 is 6.85. The topological polar surface area (TPSA) is 120 Å². The molecule has 0 bridgehead atoms. The van der Waals surface area contributed by atoms with E-state index in [4.69, 9.17) is 15.6 Å². The number of fused-ring (bicyclic) bond motifs is 1. The first-order valence-corrected chi connectivity index (χ1v) is 7.46. The first-order valence-electron chi connectivity index (χ1n) is 6.58. The number of benzene rings is 1. The molecular weight excluding hydrogens is 320 g/mol. The summed E-state index contributed by atoms with van der Waals surface area (Å²) in [5.74, 6) is -1.27. The van der Waals surface area contributed by atoms with Crippen LogP contribution in [0.2, 0.25) is 0 Å². The summed E-state index contributed by atoms with van der Waals surface area (Å²) in [6.07, 6.45) is 1.69. The highest BCUT2D eigenvalue weighted by Crippen LogP contribution is 2.25. The standard InChI is InChI=1S/C14H12N4O4S/c15-14(21)13-9-5-8(22-7-11-16-3-4-23-11)1-2-10(9)18(17-13)6-12(19)20/h1-5H,6-7H2,(H2,15,21)(H,19,20). The summed E-state index contributed by atoms with van der Waals surface area (Å²) in [5, 5.41) is 16.0. The highest BCUT2D eigenvalue weighted by Gasteiger charge is 2.17. The number of hydrogen-bond acceptors (Lipinski definition) is 6. The fourth-order valence-electron chi connectivity index (χ4n) is 2.15. The Morgan fingerprint density at radius 2 is 2.22 bits per heavy atom. The molecule has 23 heavy (non-hydrogen) atoms. The monoisotopic (exact) mass is 332 g/mol. The second-order valence-corrected chi connectivity index (χ2v) is 5.64. The molecule has 0 fully saturated rings. The Hall–Kier alpha value is -2.94. The lowest BCUT2D eigenvalue weighted by Gasteiger charge is -2.05. The average molecular weight is 332 g/mol. The number of nitrogens with zero attached hydrogens (tertiary/aromatic N) is 3. The Bertz CT molecular complexity index is 872. The molecule has 0 aliphatic carbocycles.